The van der Waals surface area contributed by atoms with Crippen molar-refractivity contribution in [3.8, 4) is 0 Å². The van der Waals surface area contributed by atoms with Crippen LogP contribution in [-0.2, 0) is 4.74 Å². The van der Waals surface area contributed by atoms with Gasteiger partial charge in [-0.1, -0.05) is 0 Å². The molecule has 2 aromatic rings. The van der Waals surface area contributed by atoms with Gasteiger partial charge in [-0.2, -0.15) is 0 Å². The summed E-state index contributed by atoms with van der Waals surface area (Å²) in [5.41, 5.74) is 1.97. The average Bonchev–Trinajstić information content (AvgIpc) is 2.36. The second-order valence-corrected chi connectivity index (χ2v) is 5.67. The zero-order chi connectivity index (χ0) is 13.3. The molecule has 6 heteroatoms. The van der Waals surface area contributed by atoms with Crippen LogP contribution < -0.4 is 5.32 Å². The van der Waals surface area contributed by atoms with Gasteiger partial charge in [-0.25, -0.2) is 4.79 Å². The first-order valence-electron chi connectivity index (χ1n) is 5.12. The van der Waals surface area contributed by atoms with Gasteiger partial charge in [-0.05, 0) is 50.7 Å². The molecule has 1 heterocycles. The molecule has 0 fully saturated rings. The Balaban J connectivity index is 2.82. The maximum Gasteiger partial charge on any atom is 0.341 e. The standard InChI is InChI=1S/C12H10BrIN2O2/c1-15-10-7-3-6(14)4-9(13)11(7)16-5-8(10)12(17)18-2/h3-5H,1-2H3,(H,15,16). The second-order valence-electron chi connectivity index (χ2n) is 3.57. The second kappa shape index (κ2) is 5.40. The summed E-state index contributed by atoms with van der Waals surface area (Å²) in [4.78, 5) is 16.0. The molecule has 0 unspecified atom stereocenters. The number of carbonyl (C=O) groups excluding carboxylic acids is 1. The van der Waals surface area contributed by atoms with Crippen LogP contribution in [0.5, 0.6) is 0 Å². The minimum Gasteiger partial charge on any atom is -0.465 e. The number of nitrogens with zero attached hydrogens (tertiary/aromatic N) is 1. The van der Waals surface area contributed by atoms with Crippen LogP contribution in [0.4, 0.5) is 5.69 Å². The highest BCUT2D eigenvalue weighted by Crippen LogP contribution is 2.32. The third-order valence-electron chi connectivity index (χ3n) is 2.54. The summed E-state index contributed by atoms with van der Waals surface area (Å²) in [6.07, 6.45) is 1.53. The number of hydrogen-bond acceptors (Lipinski definition) is 4. The van der Waals surface area contributed by atoms with Gasteiger partial charge in [0.1, 0.15) is 5.56 Å². The SMILES string of the molecule is CNc1c(C(=O)OC)cnc2c(Br)cc(I)cc12. The molecular weight excluding hydrogens is 411 g/mol. The molecule has 4 nitrogen and oxygen atoms in total. The molecule has 1 aromatic carbocycles. The van der Waals surface area contributed by atoms with Crippen LogP contribution in [0.1, 0.15) is 10.4 Å². The van der Waals surface area contributed by atoms with Gasteiger partial charge in [0.05, 0.1) is 18.3 Å². The summed E-state index contributed by atoms with van der Waals surface area (Å²) in [5, 5.41) is 3.93. The topological polar surface area (TPSA) is 51.2 Å². The molecule has 0 atom stereocenters. The van der Waals surface area contributed by atoms with E-state index in [0.717, 1.165) is 24.6 Å². The molecule has 18 heavy (non-hydrogen) atoms. The number of hydrogen-bond donors (Lipinski definition) is 1. The number of rotatable bonds is 2. The number of methoxy groups -OCH3 is 1. The van der Waals surface area contributed by atoms with E-state index in [4.69, 9.17) is 4.74 Å². The average molecular weight is 421 g/mol. The van der Waals surface area contributed by atoms with Gasteiger partial charge < -0.3 is 10.1 Å². The fourth-order valence-corrected chi connectivity index (χ4v) is 3.37. The lowest BCUT2D eigenvalue weighted by Gasteiger charge is -2.11. The Bertz CT molecular complexity index is 631. The largest absolute Gasteiger partial charge is 0.465 e. The fourth-order valence-electron chi connectivity index (χ4n) is 1.76. The maximum atomic E-state index is 11.7. The number of carbonyl (C=O) groups is 1. The number of benzene rings is 1. The molecule has 0 aliphatic rings. The Labute approximate surface area is 126 Å². The molecular formula is C12H10BrIN2O2. The van der Waals surface area contributed by atoms with Crippen LogP contribution in [0.25, 0.3) is 10.9 Å². The molecule has 0 saturated carbocycles. The van der Waals surface area contributed by atoms with Crippen molar-refractivity contribution in [2.75, 3.05) is 19.5 Å². The molecule has 0 aliphatic heterocycles. The van der Waals surface area contributed by atoms with Crippen LogP contribution >= 0.6 is 38.5 Å². The van der Waals surface area contributed by atoms with E-state index in [1.54, 1.807) is 7.05 Å². The highest BCUT2D eigenvalue weighted by molar-refractivity contribution is 14.1. The minimum atomic E-state index is -0.399. The van der Waals surface area contributed by atoms with E-state index < -0.39 is 5.97 Å². The van der Waals surface area contributed by atoms with Crippen molar-refractivity contribution in [1.82, 2.24) is 4.98 Å². The number of nitrogens with one attached hydrogen (secondary N) is 1. The highest BCUT2D eigenvalue weighted by Gasteiger charge is 2.16. The molecule has 1 aromatic heterocycles. The number of halogens is 2. The van der Waals surface area contributed by atoms with Gasteiger partial charge in [0, 0.05) is 26.7 Å². The smallest absolute Gasteiger partial charge is 0.341 e. The van der Waals surface area contributed by atoms with Gasteiger partial charge in [-0.15, -0.1) is 0 Å². The van der Waals surface area contributed by atoms with Gasteiger partial charge in [0.15, 0.2) is 0 Å². The van der Waals surface area contributed by atoms with Crippen molar-refractivity contribution >= 4 is 61.1 Å². The van der Waals surface area contributed by atoms with Gasteiger partial charge in [-0.3, -0.25) is 4.98 Å². The lowest BCUT2D eigenvalue weighted by Crippen LogP contribution is -2.07. The summed E-state index contributed by atoms with van der Waals surface area (Å²) in [6, 6.07) is 3.96. The molecule has 2 rings (SSSR count). The highest BCUT2D eigenvalue weighted by atomic mass is 127. The van der Waals surface area contributed by atoms with Crippen molar-refractivity contribution in [1.29, 1.82) is 0 Å². The lowest BCUT2D eigenvalue weighted by atomic mass is 10.1. The van der Waals surface area contributed by atoms with Crippen molar-refractivity contribution in [2.24, 2.45) is 0 Å². The molecule has 0 radical (unpaired) electrons. The Kier molecular flexibility index (Phi) is 4.06. The molecule has 0 saturated heterocycles. The number of anilines is 1. The van der Waals surface area contributed by atoms with Crippen molar-refractivity contribution in [3.05, 3.63) is 31.9 Å². The van der Waals surface area contributed by atoms with E-state index in [1.165, 1.54) is 13.3 Å². The molecule has 94 valence electrons. The third kappa shape index (κ3) is 2.31. The van der Waals surface area contributed by atoms with Crippen LogP contribution in [0, 0.1) is 3.57 Å². The number of pyridine rings is 1. The van der Waals surface area contributed by atoms with Crippen molar-refractivity contribution in [2.45, 2.75) is 0 Å². The Morgan fingerprint density at radius 3 is 2.83 bits per heavy atom. The fraction of sp³-hybridized carbons (Fsp3) is 0.167. The van der Waals surface area contributed by atoms with Crippen molar-refractivity contribution in [3.63, 3.8) is 0 Å². The molecule has 0 amide bonds. The summed E-state index contributed by atoms with van der Waals surface area (Å²) < 4.78 is 6.72. The predicted molar refractivity (Wildman–Crippen MR) is 83.0 cm³/mol. The van der Waals surface area contributed by atoms with Crippen LogP contribution in [0.2, 0.25) is 0 Å². The van der Waals surface area contributed by atoms with E-state index in [0.29, 0.717) is 5.56 Å². The first-order chi connectivity index (χ1) is 8.58. The Morgan fingerprint density at radius 1 is 1.50 bits per heavy atom. The predicted octanol–water partition coefficient (Wildman–Crippen LogP) is 3.43. The van der Waals surface area contributed by atoms with E-state index in [1.807, 2.05) is 12.1 Å². The Morgan fingerprint density at radius 2 is 2.22 bits per heavy atom. The zero-order valence-corrected chi connectivity index (χ0v) is 13.5. The van der Waals surface area contributed by atoms with Crippen LogP contribution in [-0.4, -0.2) is 25.1 Å². The third-order valence-corrected chi connectivity index (χ3v) is 3.77. The summed E-state index contributed by atoms with van der Waals surface area (Å²) >= 11 is 5.70. The number of esters is 1. The van der Waals surface area contributed by atoms with E-state index >= 15 is 0 Å². The number of aromatic nitrogens is 1. The van der Waals surface area contributed by atoms with E-state index in [-0.39, 0.29) is 0 Å². The quantitative estimate of drug-likeness (QED) is 0.597. The summed E-state index contributed by atoms with van der Waals surface area (Å²) in [7, 11) is 3.13. The molecule has 0 aliphatic carbocycles. The Hall–Kier alpha value is -0.890. The maximum absolute atomic E-state index is 11.7. The first-order valence-corrected chi connectivity index (χ1v) is 6.99. The summed E-state index contributed by atoms with van der Waals surface area (Å²) in [6.45, 7) is 0. The van der Waals surface area contributed by atoms with E-state index in [2.05, 4.69) is 48.8 Å². The number of fused-ring (bicyclic) bond motifs is 1. The van der Waals surface area contributed by atoms with Crippen LogP contribution in [0.3, 0.4) is 0 Å². The molecule has 0 spiro atoms. The molecule has 1 N–H and O–H groups in total. The normalized spacial score (nSPS) is 10.4. The number of ether oxygens (including phenoxy) is 1. The van der Waals surface area contributed by atoms with Gasteiger partial charge in [0.25, 0.3) is 0 Å². The monoisotopic (exact) mass is 420 g/mol. The van der Waals surface area contributed by atoms with Gasteiger partial charge in [0.2, 0.25) is 0 Å². The van der Waals surface area contributed by atoms with E-state index in [9.17, 15) is 4.79 Å². The van der Waals surface area contributed by atoms with Gasteiger partial charge >= 0.3 is 5.97 Å². The minimum absolute atomic E-state index is 0.399. The molecule has 0 bridgehead atoms. The zero-order valence-electron chi connectivity index (χ0n) is 9.75. The van der Waals surface area contributed by atoms with Crippen LogP contribution in [0.15, 0.2) is 22.8 Å². The first kappa shape index (κ1) is 13.5. The summed E-state index contributed by atoms with van der Waals surface area (Å²) in [5.74, 6) is -0.399. The lowest BCUT2D eigenvalue weighted by molar-refractivity contribution is 0.0601. The van der Waals surface area contributed by atoms with Crippen molar-refractivity contribution < 1.29 is 9.53 Å².